The first-order valence-electron chi connectivity index (χ1n) is 7.85. The van der Waals surface area contributed by atoms with Gasteiger partial charge in [0.2, 0.25) is 0 Å². The average Bonchev–Trinajstić information content (AvgIpc) is 3.25. The summed E-state index contributed by atoms with van der Waals surface area (Å²) >= 11 is 1.28. The minimum absolute atomic E-state index is 0.910. The molecule has 3 aromatic rings. The molecule has 1 aromatic carbocycles. The summed E-state index contributed by atoms with van der Waals surface area (Å²) in [5.41, 5.74) is 3.33. The predicted molar refractivity (Wildman–Crippen MR) is 89.2 cm³/mol. The third-order valence-electron chi connectivity index (χ3n) is 4.30. The van der Waals surface area contributed by atoms with Crippen LogP contribution in [-0.2, 0) is 13.1 Å². The van der Waals surface area contributed by atoms with Crippen molar-refractivity contribution < 1.29 is 0 Å². The molecule has 7 nitrogen and oxygen atoms in total. The van der Waals surface area contributed by atoms with E-state index in [1.54, 1.807) is 12.7 Å². The van der Waals surface area contributed by atoms with Crippen LogP contribution in [0.3, 0.4) is 0 Å². The second-order valence-corrected chi connectivity index (χ2v) is 6.39. The summed E-state index contributed by atoms with van der Waals surface area (Å²) < 4.78 is 10.5. The molecule has 0 aliphatic carbocycles. The van der Waals surface area contributed by atoms with E-state index in [1.807, 2.05) is 4.68 Å². The van der Waals surface area contributed by atoms with E-state index in [0.29, 0.717) is 0 Å². The highest BCUT2D eigenvalue weighted by Crippen LogP contribution is 2.15. The van der Waals surface area contributed by atoms with Gasteiger partial charge in [0.1, 0.15) is 23.7 Å². The highest BCUT2D eigenvalue weighted by atomic mass is 32.1. The number of benzene rings is 1. The summed E-state index contributed by atoms with van der Waals surface area (Å²) in [5, 5.41) is 4.15. The molecule has 0 amide bonds. The maximum Gasteiger partial charge on any atom is 0.137 e. The second-order valence-electron chi connectivity index (χ2n) is 5.86. The lowest BCUT2D eigenvalue weighted by Crippen LogP contribution is -2.46. The Morgan fingerprint density at radius 2 is 1.78 bits per heavy atom. The highest BCUT2D eigenvalue weighted by molar-refractivity contribution is 7.00. The average molecular weight is 329 g/mol. The number of rotatable bonds is 5. The summed E-state index contributed by atoms with van der Waals surface area (Å²) in [6, 6.07) is 6.40. The fourth-order valence-electron chi connectivity index (χ4n) is 2.95. The summed E-state index contributed by atoms with van der Waals surface area (Å²) in [4.78, 5) is 8.98. The van der Waals surface area contributed by atoms with Gasteiger partial charge in [0.05, 0.1) is 18.3 Å². The second kappa shape index (κ2) is 6.69. The lowest BCUT2D eigenvalue weighted by Gasteiger charge is -2.34. The molecule has 1 fully saturated rings. The minimum atomic E-state index is 0.910. The molecule has 0 atom stereocenters. The van der Waals surface area contributed by atoms with Gasteiger partial charge in [0.15, 0.2) is 0 Å². The summed E-state index contributed by atoms with van der Waals surface area (Å²) in [7, 11) is 0. The fraction of sp³-hybridized carbons (Fsp3) is 0.467. The third kappa shape index (κ3) is 3.54. The van der Waals surface area contributed by atoms with Crippen LogP contribution in [0.15, 0.2) is 30.9 Å². The third-order valence-corrected chi connectivity index (χ3v) is 4.86. The quantitative estimate of drug-likeness (QED) is 0.698. The van der Waals surface area contributed by atoms with Gasteiger partial charge >= 0.3 is 0 Å². The van der Waals surface area contributed by atoms with Gasteiger partial charge in [-0.3, -0.25) is 14.5 Å². The Morgan fingerprint density at radius 3 is 2.61 bits per heavy atom. The van der Waals surface area contributed by atoms with Crippen molar-refractivity contribution in [2.24, 2.45) is 0 Å². The van der Waals surface area contributed by atoms with Crippen LogP contribution in [0.4, 0.5) is 0 Å². The Kier molecular flexibility index (Phi) is 4.27. The summed E-state index contributed by atoms with van der Waals surface area (Å²) in [5.74, 6) is 0. The molecule has 0 unspecified atom stereocenters. The Balaban J connectivity index is 1.27. The standard InChI is InChI=1S/C15H19N7S/c1-2-14-15(19-23-18-14)9-13(1)10-21-5-3-20(4-6-21)7-8-22-12-16-11-17-22/h1-2,9,11-12H,3-8,10H2. The molecule has 1 aliphatic rings. The van der Waals surface area contributed by atoms with Gasteiger partial charge in [-0.05, 0) is 17.7 Å². The van der Waals surface area contributed by atoms with E-state index in [2.05, 4.69) is 46.8 Å². The van der Waals surface area contributed by atoms with E-state index >= 15 is 0 Å². The molecule has 0 N–H and O–H groups in total. The van der Waals surface area contributed by atoms with Gasteiger partial charge < -0.3 is 0 Å². The van der Waals surface area contributed by atoms with Crippen molar-refractivity contribution in [3.8, 4) is 0 Å². The van der Waals surface area contributed by atoms with E-state index in [-0.39, 0.29) is 0 Å². The molecule has 2 aromatic heterocycles. The normalized spacial score (nSPS) is 17.0. The van der Waals surface area contributed by atoms with Crippen LogP contribution >= 0.6 is 11.7 Å². The monoisotopic (exact) mass is 329 g/mol. The number of fused-ring (bicyclic) bond motifs is 1. The van der Waals surface area contributed by atoms with Crippen LogP contribution in [0, 0.1) is 0 Å². The fourth-order valence-corrected chi connectivity index (χ4v) is 3.46. The highest BCUT2D eigenvalue weighted by Gasteiger charge is 2.17. The lowest BCUT2D eigenvalue weighted by atomic mass is 10.1. The van der Waals surface area contributed by atoms with Gasteiger partial charge in [-0.2, -0.15) is 13.8 Å². The molecule has 1 aliphatic heterocycles. The lowest BCUT2D eigenvalue weighted by molar-refractivity contribution is 0.123. The Morgan fingerprint density at radius 1 is 0.957 bits per heavy atom. The van der Waals surface area contributed by atoms with Crippen molar-refractivity contribution >= 4 is 22.8 Å². The van der Waals surface area contributed by atoms with Gasteiger partial charge in [-0.25, -0.2) is 4.98 Å². The maximum atomic E-state index is 4.32. The van der Waals surface area contributed by atoms with Crippen molar-refractivity contribution in [1.82, 2.24) is 33.3 Å². The zero-order chi connectivity index (χ0) is 15.5. The number of nitrogens with zero attached hydrogens (tertiary/aromatic N) is 7. The number of piperazine rings is 1. The summed E-state index contributed by atoms with van der Waals surface area (Å²) in [6.45, 7) is 7.35. The van der Waals surface area contributed by atoms with E-state index in [4.69, 9.17) is 0 Å². The van der Waals surface area contributed by atoms with Crippen LogP contribution in [0.1, 0.15) is 5.56 Å². The first kappa shape index (κ1) is 14.7. The van der Waals surface area contributed by atoms with Crippen LogP contribution < -0.4 is 0 Å². The van der Waals surface area contributed by atoms with Gasteiger partial charge in [-0.1, -0.05) is 6.07 Å². The molecule has 0 spiro atoms. The number of hydrogen-bond acceptors (Lipinski definition) is 7. The molecular formula is C15H19N7S. The number of hydrogen-bond donors (Lipinski definition) is 0. The van der Waals surface area contributed by atoms with Crippen molar-refractivity contribution in [3.05, 3.63) is 36.4 Å². The molecule has 4 rings (SSSR count). The zero-order valence-corrected chi connectivity index (χ0v) is 13.7. The maximum absolute atomic E-state index is 4.32. The van der Waals surface area contributed by atoms with E-state index in [0.717, 1.165) is 56.8 Å². The van der Waals surface area contributed by atoms with Crippen LogP contribution in [0.25, 0.3) is 11.0 Å². The smallest absolute Gasteiger partial charge is 0.137 e. The molecule has 0 bridgehead atoms. The van der Waals surface area contributed by atoms with Crippen molar-refractivity contribution in [1.29, 1.82) is 0 Å². The number of aromatic nitrogens is 5. The Labute approximate surface area is 138 Å². The topological polar surface area (TPSA) is 63.0 Å². The zero-order valence-electron chi connectivity index (χ0n) is 12.9. The van der Waals surface area contributed by atoms with E-state index < -0.39 is 0 Å². The van der Waals surface area contributed by atoms with E-state index in [9.17, 15) is 0 Å². The predicted octanol–water partition coefficient (Wildman–Crippen LogP) is 1.10. The van der Waals surface area contributed by atoms with Gasteiger partial charge in [0.25, 0.3) is 0 Å². The largest absolute Gasteiger partial charge is 0.299 e. The van der Waals surface area contributed by atoms with Crippen molar-refractivity contribution in [3.63, 3.8) is 0 Å². The summed E-state index contributed by atoms with van der Waals surface area (Å²) in [6.07, 6.45) is 3.37. The molecule has 1 saturated heterocycles. The molecule has 0 saturated carbocycles. The van der Waals surface area contributed by atoms with Crippen LogP contribution in [0.5, 0.6) is 0 Å². The molecule has 23 heavy (non-hydrogen) atoms. The minimum Gasteiger partial charge on any atom is -0.299 e. The molecular weight excluding hydrogens is 310 g/mol. The molecule has 120 valence electrons. The van der Waals surface area contributed by atoms with Crippen molar-refractivity contribution in [2.75, 3.05) is 32.7 Å². The first-order chi connectivity index (χ1) is 11.4. The SMILES string of the molecule is c1ncn(CCN2CCN(Cc3ccc4nsnc4c3)CC2)n1. The van der Waals surface area contributed by atoms with E-state index in [1.165, 1.54) is 17.3 Å². The first-order valence-corrected chi connectivity index (χ1v) is 8.58. The Bertz CT molecular complexity index is 746. The molecule has 0 radical (unpaired) electrons. The van der Waals surface area contributed by atoms with Crippen LogP contribution in [0.2, 0.25) is 0 Å². The van der Waals surface area contributed by atoms with Crippen LogP contribution in [-0.4, -0.2) is 66.0 Å². The molecule has 8 heteroatoms. The van der Waals surface area contributed by atoms with Gasteiger partial charge in [0, 0.05) is 39.3 Å². The van der Waals surface area contributed by atoms with Crippen molar-refractivity contribution in [2.45, 2.75) is 13.1 Å². The van der Waals surface area contributed by atoms with Gasteiger partial charge in [-0.15, -0.1) is 0 Å². The molecule has 3 heterocycles. The Hall–Kier alpha value is -1.90.